The van der Waals surface area contributed by atoms with Crippen molar-refractivity contribution in [3.05, 3.63) is 82.8 Å². The van der Waals surface area contributed by atoms with Crippen LogP contribution >= 0.6 is 11.6 Å². The maximum Gasteiger partial charge on any atom is 0.253 e. The van der Waals surface area contributed by atoms with Gasteiger partial charge in [-0.05, 0) is 68.1 Å². The number of rotatable bonds is 7. The van der Waals surface area contributed by atoms with Gasteiger partial charge in [-0.2, -0.15) is 5.10 Å². The first-order valence-corrected chi connectivity index (χ1v) is 18.6. The molecule has 1 atom stereocenters. The first kappa shape index (κ1) is 35.3. The van der Waals surface area contributed by atoms with Gasteiger partial charge < -0.3 is 24.4 Å². The number of aromatic nitrogens is 5. The molecular formula is C39H40ClN9O5. The number of carbonyl (C=O) groups is 4. The summed E-state index contributed by atoms with van der Waals surface area (Å²) < 4.78 is 7.92. The number of aryl methyl sites for hydroxylation is 2. The molecule has 3 fully saturated rings. The van der Waals surface area contributed by atoms with Crippen molar-refractivity contribution in [1.29, 1.82) is 0 Å². The summed E-state index contributed by atoms with van der Waals surface area (Å²) in [5.41, 5.74) is 5.17. The zero-order chi connectivity index (χ0) is 37.5. The van der Waals surface area contributed by atoms with Crippen molar-refractivity contribution < 1.29 is 23.9 Å². The van der Waals surface area contributed by atoms with Gasteiger partial charge in [-0.1, -0.05) is 23.7 Å². The molecule has 0 radical (unpaired) electrons. The van der Waals surface area contributed by atoms with Gasteiger partial charge in [-0.15, -0.1) is 0 Å². The zero-order valence-electron chi connectivity index (χ0n) is 30.0. The summed E-state index contributed by atoms with van der Waals surface area (Å²) in [4.78, 5) is 69.0. The van der Waals surface area contributed by atoms with Gasteiger partial charge in [0.15, 0.2) is 11.4 Å². The number of hydrogen-bond donors (Lipinski definition) is 2. The van der Waals surface area contributed by atoms with Crippen molar-refractivity contribution >= 4 is 52.1 Å². The van der Waals surface area contributed by atoms with Gasteiger partial charge in [-0.25, -0.2) is 9.97 Å². The average molecular weight is 750 g/mol. The van der Waals surface area contributed by atoms with Gasteiger partial charge >= 0.3 is 0 Å². The lowest BCUT2D eigenvalue weighted by atomic mass is 9.90. The van der Waals surface area contributed by atoms with Crippen LogP contribution in [-0.4, -0.2) is 97.4 Å². The van der Waals surface area contributed by atoms with Crippen LogP contribution in [0.2, 0.25) is 5.02 Å². The molecule has 278 valence electrons. The summed E-state index contributed by atoms with van der Waals surface area (Å²) in [6.45, 7) is 5.62. The number of pyridine rings is 1. The highest BCUT2D eigenvalue weighted by Gasteiger charge is 2.33. The molecule has 0 unspecified atom stereocenters. The minimum Gasteiger partial charge on any atom is -0.453 e. The predicted octanol–water partition coefficient (Wildman–Crippen LogP) is 4.83. The van der Waals surface area contributed by atoms with Crippen molar-refractivity contribution in [2.24, 2.45) is 13.0 Å². The fourth-order valence-corrected chi connectivity index (χ4v) is 7.82. The molecule has 0 saturated carbocycles. The molecule has 6 heterocycles. The first-order valence-electron chi connectivity index (χ1n) is 18.2. The van der Waals surface area contributed by atoms with E-state index in [1.807, 2.05) is 54.2 Å². The molecule has 15 heteroatoms. The second-order valence-corrected chi connectivity index (χ2v) is 14.5. The number of nitrogens with zero attached hydrogens (tertiary/aromatic N) is 7. The summed E-state index contributed by atoms with van der Waals surface area (Å²) in [5, 5.41) is 7.14. The number of amides is 4. The number of piperidine rings is 2. The molecular weight excluding hydrogens is 710 g/mol. The largest absolute Gasteiger partial charge is 0.453 e. The molecule has 14 nitrogen and oxygen atoms in total. The summed E-state index contributed by atoms with van der Waals surface area (Å²) >= 11 is 6.52. The molecule has 3 aliphatic rings. The number of hydrogen-bond acceptors (Lipinski definition) is 9. The number of H-pyrrole nitrogens is 1. The third kappa shape index (κ3) is 7.00. The van der Waals surface area contributed by atoms with Crippen molar-refractivity contribution in [2.45, 2.75) is 38.5 Å². The number of ether oxygens (including phenoxy) is 1. The average Bonchev–Trinajstić information content (AvgIpc) is 3.78. The number of imide groups is 1. The fraction of sp³-hybridized carbons (Fsp3) is 0.359. The Morgan fingerprint density at radius 3 is 2.30 bits per heavy atom. The van der Waals surface area contributed by atoms with Gasteiger partial charge in [0.05, 0.1) is 23.4 Å². The first-order chi connectivity index (χ1) is 26.1. The maximum absolute atomic E-state index is 13.5. The predicted molar refractivity (Wildman–Crippen MR) is 201 cm³/mol. The van der Waals surface area contributed by atoms with Crippen LogP contribution in [0.4, 0.5) is 5.69 Å². The Kier molecular flexibility index (Phi) is 9.52. The Morgan fingerprint density at radius 1 is 0.907 bits per heavy atom. The molecule has 0 spiro atoms. The van der Waals surface area contributed by atoms with E-state index >= 15 is 0 Å². The third-order valence-electron chi connectivity index (χ3n) is 10.6. The SMILES string of the molecule is Cc1nn(C)cc1-c1nc2ncc(Cl)c(Oc3ccc(C(=O)N4CCC(C(=O)N5CCN(c6ccc([C@@H]7CCC(=O)NC7=O)cc6)CC5)CC4)cc3)c2[nH]1. The summed E-state index contributed by atoms with van der Waals surface area (Å²) in [7, 11) is 1.85. The maximum atomic E-state index is 13.5. The van der Waals surface area contributed by atoms with Crippen molar-refractivity contribution in [2.75, 3.05) is 44.2 Å². The highest BCUT2D eigenvalue weighted by Crippen LogP contribution is 2.36. The van der Waals surface area contributed by atoms with E-state index in [0.717, 1.165) is 22.5 Å². The van der Waals surface area contributed by atoms with Gasteiger partial charge in [0.25, 0.3) is 5.91 Å². The summed E-state index contributed by atoms with van der Waals surface area (Å²) in [6, 6.07) is 14.9. The molecule has 5 aromatic rings. The van der Waals surface area contributed by atoms with Crippen LogP contribution in [0.25, 0.3) is 22.6 Å². The van der Waals surface area contributed by atoms with E-state index < -0.39 is 0 Å². The third-order valence-corrected chi connectivity index (χ3v) is 10.9. The normalized spacial score (nSPS) is 18.3. The van der Waals surface area contributed by atoms with E-state index in [2.05, 4.69) is 30.3 Å². The minimum atomic E-state index is -0.307. The molecule has 3 saturated heterocycles. The molecule has 0 bridgehead atoms. The lowest BCUT2D eigenvalue weighted by Gasteiger charge is -2.39. The Balaban J connectivity index is 0.829. The summed E-state index contributed by atoms with van der Waals surface area (Å²) in [6.07, 6.45) is 5.49. The number of nitrogens with one attached hydrogen (secondary N) is 2. The second-order valence-electron chi connectivity index (χ2n) is 14.1. The number of likely N-dealkylation sites (tertiary alicyclic amines) is 1. The van der Waals surface area contributed by atoms with Crippen LogP contribution in [0, 0.1) is 12.8 Å². The number of carbonyl (C=O) groups excluding carboxylic acids is 4. The van der Waals surface area contributed by atoms with Crippen LogP contribution in [0.1, 0.15) is 53.2 Å². The van der Waals surface area contributed by atoms with E-state index in [9.17, 15) is 19.2 Å². The second kappa shape index (κ2) is 14.6. The van der Waals surface area contributed by atoms with Crippen molar-refractivity contribution in [1.82, 2.24) is 39.8 Å². The Morgan fingerprint density at radius 2 is 1.63 bits per heavy atom. The number of imidazole rings is 1. The number of anilines is 1. The van der Waals surface area contributed by atoms with E-state index in [-0.39, 0.29) is 35.5 Å². The molecule has 3 aliphatic heterocycles. The van der Waals surface area contributed by atoms with Crippen LogP contribution in [0.5, 0.6) is 11.5 Å². The standard InChI is InChI=1S/C39H40ClN9O5/c1-23-30(22-46(2)45-23)35-43-33-34(31(40)21-41-36(33)44-35)54-28-9-5-25(6-10-28)38(52)48-15-13-26(14-16-48)39(53)49-19-17-47(18-20-49)27-7-3-24(4-8-27)29-11-12-32(50)42-37(29)51/h3-10,21-22,26,29H,11-20H2,1-2H3,(H,41,43,44)(H,42,50,51)/t29-/m0/s1. The molecule has 8 rings (SSSR count). The van der Waals surface area contributed by atoms with E-state index in [1.165, 1.54) is 6.20 Å². The van der Waals surface area contributed by atoms with Crippen LogP contribution in [0.15, 0.2) is 60.9 Å². The van der Waals surface area contributed by atoms with Crippen LogP contribution < -0.4 is 15.0 Å². The van der Waals surface area contributed by atoms with Gasteiger partial charge in [0.2, 0.25) is 17.7 Å². The van der Waals surface area contributed by atoms with Crippen LogP contribution in [-0.2, 0) is 21.4 Å². The zero-order valence-corrected chi connectivity index (χ0v) is 30.8. The van der Waals surface area contributed by atoms with E-state index in [4.69, 9.17) is 16.3 Å². The lowest BCUT2D eigenvalue weighted by molar-refractivity contribution is -0.137. The Labute approximate surface area is 316 Å². The number of fused-ring (bicyclic) bond motifs is 1. The Bertz CT molecular complexity index is 2230. The molecule has 4 amide bonds. The highest BCUT2D eigenvalue weighted by atomic mass is 35.5. The molecule has 0 aliphatic carbocycles. The van der Waals surface area contributed by atoms with Crippen LogP contribution in [0.3, 0.4) is 0 Å². The highest BCUT2D eigenvalue weighted by molar-refractivity contribution is 6.32. The van der Waals surface area contributed by atoms with Gasteiger partial charge in [0.1, 0.15) is 22.1 Å². The minimum absolute atomic E-state index is 0.0842. The van der Waals surface area contributed by atoms with Gasteiger partial charge in [0, 0.05) is 76.1 Å². The topological polar surface area (TPSA) is 159 Å². The lowest BCUT2D eigenvalue weighted by Crippen LogP contribution is -2.52. The van der Waals surface area contributed by atoms with Crippen molar-refractivity contribution in [3.63, 3.8) is 0 Å². The van der Waals surface area contributed by atoms with E-state index in [1.54, 1.807) is 28.9 Å². The fourth-order valence-electron chi connectivity index (χ4n) is 7.64. The number of halogens is 1. The summed E-state index contributed by atoms with van der Waals surface area (Å²) in [5.74, 6) is 0.688. The quantitative estimate of drug-likeness (QED) is 0.222. The van der Waals surface area contributed by atoms with Crippen molar-refractivity contribution in [3.8, 4) is 22.9 Å². The number of piperazine rings is 1. The molecule has 3 aromatic heterocycles. The van der Waals surface area contributed by atoms with E-state index in [0.29, 0.717) is 104 Å². The number of aromatic amines is 1. The number of benzene rings is 2. The smallest absolute Gasteiger partial charge is 0.253 e. The molecule has 54 heavy (non-hydrogen) atoms. The monoisotopic (exact) mass is 749 g/mol. The Hall–Kier alpha value is -5.76. The molecule has 2 aromatic carbocycles. The molecule has 2 N–H and O–H groups in total. The van der Waals surface area contributed by atoms with Gasteiger partial charge in [-0.3, -0.25) is 29.2 Å².